The maximum atomic E-state index is 5.62. The third kappa shape index (κ3) is 2.74. The first-order valence-electron chi connectivity index (χ1n) is 4.78. The van der Waals surface area contributed by atoms with Crippen LogP contribution in [0, 0.1) is 6.07 Å². The van der Waals surface area contributed by atoms with E-state index in [0.29, 0.717) is 12.3 Å². The molecule has 0 aliphatic rings. The fourth-order valence-electron chi connectivity index (χ4n) is 1.29. The van der Waals surface area contributed by atoms with E-state index in [1.165, 1.54) is 0 Å². The summed E-state index contributed by atoms with van der Waals surface area (Å²) >= 11 is 0. The van der Waals surface area contributed by atoms with E-state index < -0.39 is 0 Å². The van der Waals surface area contributed by atoms with Crippen molar-refractivity contribution < 1.29 is 4.74 Å². The van der Waals surface area contributed by atoms with E-state index in [9.17, 15) is 0 Å². The maximum absolute atomic E-state index is 5.62. The molecule has 2 heteroatoms. The molecule has 0 atom stereocenters. The summed E-state index contributed by atoms with van der Waals surface area (Å²) in [7, 11) is 0. The van der Waals surface area contributed by atoms with Crippen molar-refractivity contribution >= 4 is 5.69 Å². The van der Waals surface area contributed by atoms with Gasteiger partial charge in [-0.25, -0.2) is 0 Å². The molecule has 0 bridgehead atoms. The third-order valence-corrected chi connectivity index (χ3v) is 2.03. The van der Waals surface area contributed by atoms with Gasteiger partial charge in [0.1, 0.15) is 12.4 Å². The van der Waals surface area contributed by atoms with Crippen LogP contribution in [-0.2, 0) is 6.61 Å². The maximum Gasteiger partial charge on any atom is 0.122 e. The van der Waals surface area contributed by atoms with Crippen molar-refractivity contribution in [1.29, 1.82) is 0 Å². The lowest BCUT2D eigenvalue weighted by Crippen LogP contribution is -1.95. The van der Waals surface area contributed by atoms with Crippen LogP contribution in [0.25, 0.3) is 0 Å². The van der Waals surface area contributed by atoms with E-state index in [-0.39, 0.29) is 0 Å². The molecule has 0 heterocycles. The van der Waals surface area contributed by atoms with Gasteiger partial charge in [0.25, 0.3) is 0 Å². The SMILES string of the molecule is Nc1c[c]cc(OCc2ccccc2)c1. The van der Waals surface area contributed by atoms with Gasteiger partial charge in [-0.3, -0.25) is 0 Å². The normalized spacial score (nSPS) is 9.87. The predicted molar refractivity (Wildman–Crippen MR) is 60.5 cm³/mol. The highest BCUT2D eigenvalue weighted by molar-refractivity contribution is 5.43. The molecular formula is C13H12NO. The molecule has 2 N–H and O–H groups in total. The van der Waals surface area contributed by atoms with E-state index in [0.717, 1.165) is 11.3 Å². The van der Waals surface area contributed by atoms with Crippen LogP contribution in [0.5, 0.6) is 5.75 Å². The number of hydrogen-bond donors (Lipinski definition) is 1. The first kappa shape index (κ1) is 9.59. The lowest BCUT2D eigenvalue weighted by molar-refractivity contribution is 0.306. The first-order chi connectivity index (χ1) is 7.34. The highest BCUT2D eigenvalue weighted by Gasteiger charge is 1.95. The van der Waals surface area contributed by atoms with Gasteiger partial charge in [0.2, 0.25) is 0 Å². The van der Waals surface area contributed by atoms with Gasteiger partial charge in [0.15, 0.2) is 0 Å². The summed E-state index contributed by atoms with van der Waals surface area (Å²) in [4.78, 5) is 0. The molecule has 1 radical (unpaired) electrons. The molecule has 0 spiro atoms. The van der Waals surface area contributed by atoms with Crippen molar-refractivity contribution in [1.82, 2.24) is 0 Å². The van der Waals surface area contributed by atoms with E-state index in [2.05, 4.69) is 6.07 Å². The number of nitrogens with two attached hydrogens (primary N) is 1. The molecule has 2 aromatic rings. The van der Waals surface area contributed by atoms with E-state index in [4.69, 9.17) is 10.5 Å². The van der Waals surface area contributed by atoms with Crippen molar-refractivity contribution in [2.24, 2.45) is 0 Å². The minimum absolute atomic E-state index is 0.554. The summed E-state index contributed by atoms with van der Waals surface area (Å²) in [5, 5.41) is 0. The second-order valence-corrected chi connectivity index (χ2v) is 3.28. The molecular weight excluding hydrogens is 186 g/mol. The fraction of sp³-hybridized carbons (Fsp3) is 0.0769. The van der Waals surface area contributed by atoms with E-state index in [1.54, 1.807) is 18.2 Å². The van der Waals surface area contributed by atoms with Crippen LogP contribution in [0.4, 0.5) is 5.69 Å². The third-order valence-electron chi connectivity index (χ3n) is 2.03. The lowest BCUT2D eigenvalue weighted by Gasteiger charge is -2.06. The van der Waals surface area contributed by atoms with Crippen LogP contribution >= 0.6 is 0 Å². The average Bonchev–Trinajstić information content (AvgIpc) is 2.28. The van der Waals surface area contributed by atoms with Crippen LogP contribution in [-0.4, -0.2) is 0 Å². The zero-order chi connectivity index (χ0) is 10.5. The van der Waals surface area contributed by atoms with Gasteiger partial charge in [0, 0.05) is 11.8 Å². The molecule has 2 aromatic carbocycles. The average molecular weight is 198 g/mol. The summed E-state index contributed by atoms with van der Waals surface area (Å²) in [6.45, 7) is 0.554. The monoisotopic (exact) mass is 198 g/mol. The number of benzene rings is 2. The second kappa shape index (κ2) is 4.51. The Labute approximate surface area is 89.3 Å². The Kier molecular flexibility index (Phi) is 2.88. The standard InChI is InChI=1S/C13H12NO/c14-12-7-4-8-13(9-12)15-10-11-5-2-1-3-6-11/h1-3,5-9H,10,14H2. The number of rotatable bonds is 3. The van der Waals surface area contributed by atoms with Crippen LogP contribution in [0.2, 0.25) is 0 Å². The van der Waals surface area contributed by atoms with Gasteiger partial charge in [-0.2, -0.15) is 0 Å². The van der Waals surface area contributed by atoms with Crippen molar-refractivity contribution in [2.75, 3.05) is 5.73 Å². The molecule has 15 heavy (non-hydrogen) atoms. The minimum Gasteiger partial charge on any atom is -0.489 e. The van der Waals surface area contributed by atoms with Gasteiger partial charge in [-0.05, 0) is 23.8 Å². The zero-order valence-electron chi connectivity index (χ0n) is 8.31. The Morgan fingerprint density at radius 1 is 1.13 bits per heavy atom. The summed E-state index contributed by atoms with van der Waals surface area (Å²) in [5.74, 6) is 0.749. The van der Waals surface area contributed by atoms with Crippen LogP contribution in [0.1, 0.15) is 5.56 Å². The van der Waals surface area contributed by atoms with Crippen LogP contribution < -0.4 is 10.5 Å². The van der Waals surface area contributed by atoms with Gasteiger partial charge < -0.3 is 10.5 Å². The quantitative estimate of drug-likeness (QED) is 0.769. The van der Waals surface area contributed by atoms with Crippen molar-refractivity contribution in [3.8, 4) is 5.75 Å². The molecule has 0 aliphatic carbocycles. The van der Waals surface area contributed by atoms with Crippen molar-refractivity contribution in [3.05, 3.63) is 60.2 Å². The Hall–Kier alpha value is -1.96. The number of hydrogen-bond acceptors (Lipinski definition) is 2. The Morgan fingerprint density at radius 2 is 1.93 bits per heavy atom. The topological polar surface area (TPSA) is 35.2 Å². The summed E-state index contributed by atoms with van der Waals surface area (Å²) in [6.07, 6.45) is 0. The molecule has 0 saturated heterocycles. The fourth-order valence-corrected chi connectivity index (χ4v) is 1.29. The molecule has 75 valence electrons. The molecule has 0 aromatic heterocycles. The molecule has 0 fully saturated rings. The summed E-state index contributed by atoms with van der Waals surface area (Å²) < 4.78 is 5.56. The van der Waals surface area contributed by atoms with E-state index >= 15 is 0 Å². The van der Waals surface area contributed by atoms with Gasteiger partial charge in [0.05, 0.1) is 0 Å². The van der Waals surface area contributed by atoms with Gasteiger partial charge >= 0.3 is 0 Å². The Morgan fingerprint density at radius 3 is 2.67 bits per heavy atom. The van der Waals surface area contributed by atoms with Crippen LogP contribution in [0.3, 0.4) is 0 Å². The minimum atomic E-state index is 0.554. The molecule has 2 nitrogen and oxygen atoms in total. The largest absolute Gasteiger partial charge is 0.489 e. The zero-order valence-corrected chi connectivity index (χ0v) is 8.31. The summed E-state index contributed by atoms with van der Waals surface area (Å²) in [5.41, 5.74) is 7.42. The molecule has 2 rings (SSSR count). The summed E-state index contributed by atoms with van der Waals surface area (Å²) in [6, 6.07) is 18.2. The smallest absolute Gasteiger partial charge is 0.122 e. The highest BCUT2D eigenvalue weighted by Crippen LogP contribution is 2.15. The van der Waals surface area contributed by atoms with Crippen LogP contribution in [0.15, 0.2) is 48.5 Å². The second-order valence-electron chi connectivity index (χ2n) is 3.28. The Bertz CT molecular complexity index is 426. The first-order valence-corrected chi connectivity index (χ1v) is 4.78. The number of nitrogen functional groups attached to an aromatic ring is 1. The molecule has 0 unspecified atom stereocenters. The number of anilines is 1. The van der Waals surface area contributed by atoms with Gasteiger partial charge in [-0.1, -0.05) is 30.3 Å². The lowest BCUT2D eigenvalue weighted by atomic mass is 10.2. The molecule has 0 saturated carbocycles. The Balaban J connectivity index is 1.99. The van der Waals surface area contributed by atoms with Crippen molar-refractivity contribution in [3.63, 3.8) is 0 Å². The number of ether oxygens (including phenoxy) is 1. The van der Waals surface area contributed by atoms with Crippen molar-refractivity contribution in [2.45, 2.75) is 6.61 Å². The predicted octanol–water partition coefficient (Wildman–Crippen LogP) is 2.65. The molecule has 0 aliphatic heterocycles. The highest BCUT2D eigenvalue weighted by atomic mass is 16.5. The van der Waals surface area contributed by atoms with E-state index in [1.807, 2.05) is 30.3 Å². The molecule has 0 amide bonds. The van der Waals surface area contributed by atoms with Gasteiger partial charge in [-0.15, -0.1) is 0 Å².